The van der Waals surface area contributed by atoms with Crippen molar-refractivity contribution in [3.8, 4) is 5.75 Å². The highest BCUT2D eigenvalue weighted by molar-refractivity contribution is 7.90. The van der Waals surface area contributed by atoms with Gasteiger partial charge in [0.15, 0.2) is 21.4 Å². The average molecular weight is 334 g/mol. The van der Waals surface area contributed by atoms with Gasteiger partial charge in [0.1, 0.15) is 0 Å². The van der Waals surface area contributed by atoms with Gasteiger partial charge in [0, 0.05) is 12.7 Å². The van der Waals surface area contributed by atoms with Crippen molar-refractivity contribution in [3.63, 3.8) is 0 Å². The molecule has 0 fully saturated rings. The number of nitrogens with one attached hydrogen (secondary N) is 1. The number of aromatic nitrogens is 1. The molecule has 6 heteroatoms. The Bertz CT molecular complexity index is 773. The maximum absolute atomic E-state index is 12.5. The fourth-order valence-corrected chi connectivity index (χ4v) is 3.66. The summed E-state index contributed by atoms with van der Waals surface area (Å²) in [6.45, 7) is 6.93. The van der Waals surface area contributed by atoms with Crippen LogP contribution in [0.25, 0.3) is 0 Å². The molecule has 0 bridgehead atoms. The molecular weight excluding hydrogens is 312 g/mol. The van der Waals surface area contributed by atoms with Crippen molar-refractivity contribution in [3.05, 3.63) is 47.7 Å². The summed E-state index contributed by atoms with van der Waals surface area (Å²) in [5.74, 6) is 1.10. The lowest BCUT2D eigenvalue weighted by Crippen LogP contribution is -2.08. The summed E-state index contributed by atoms with van der Waals surface area (Å²) >= 11 is 0. The van der Waals surface area contributed by atoms with E-state index in [0.29, 0.717) is 35.2 Å². The van der Waals surface area contributed by atoms with E-state index in [9.17, 15) is 8.42 Å². The van der Waals surface area contributed by atoms with Gasteiger partial charge < -0.3 is 10.1 Å². The van der Waals surface area contributed by atoms with E-state index in [2.05, 4.69) is 10.3 Å². The third-order valence-electron chi connectivity index (χ3n) is 3.26. The molecule has 0 saturated heterocycles. The van der Waals surface area contributed by atoms with Crippen molar-refractivity contribution in [2.24, 2.45) is 0 Å². The maximum atomic E-state index is 12.5. The lowest BCUT2D eigenvalue weighted by atomic mass is 10.2. The van der Waals surface area contributed by atoms with Gasteiger partial charge in [-0.3, -0.25) is 0 Å². The van der Waals surface area contributed by atoms with Gasteiger partial charge in [-0.25, -0.2) is 13.4 Å². The first-order valence-corrected chi connectivity index (χ1v) is 9.26. The third kappa shape index (κ3) is 4.45. The molecule has 1 aromatic heterocycles. The number of aryl methyl sites for hydroxylation is 1. The van der Waals surface area contributed by atoms with E-state index >= 15 is 0 Å². The molecule has 1 N–H and O–H groups in total. The van der Waals surface area contributed by atoms with Gasteiger partial charge in [-0.05, 0) is 50.1 Å². The van der Waals surface area contributed by atoms with E-state index in [1.165, 1.54) is 0 Å². The maximum Gasteiger partial charge on any atom is 0.182 e. The molecule has 0 unspecified atom stereocenters. The molecule has 124 valence electrons. The number of nitrogens with zero attached hydrogens (tertiary/aromatic N) is 1. The molecule has 0 amide bonds. The van der Waals surface area contributed by atoms with Crippen LogP contribution < -0.4 is 10.1 Å². The van der Waals surface area contributed by atoms with Gasteiger partial charge in [-0.2, -0.15) is 0 Å². The van der Waals surface area contributed by atoms with Gasteiger partial charge in [-0.1, -0.05) is 12.1 Å². The molecule has 1 aromatic carbocycles. The van der Waals surface area contributed by atoms with Crippen LogP contribution >= 0.6 is 0 Å². The van der Waals surface area contributed by atoms with Crippen molar-refractivity contribution >= 4 is 15.7 Å². The Hall–Kier alpha value is -2.08. The van der Waals surface area contributed by atoms with Crippen LogP contribution in [0.4, 0.5) is 5.82 Å². The Labute approximate surface area is 137 Å². The van der Waals surface area contributed by atoms with Crippen LogP contribution in [0.15, 0.2) is 41.4 Å². The average Bonchev–Trinajstić information content (AvgIpc) is 2.50. The molecule has 0 aliphatic carbocycles. The van der Waals surface area contributed by atoms with E-state index in [4.69, 9.17) is 4.74 Å². The van der Waals surface area contributed by atoms with E-state index < -0.39 is 9.84 Å². The summed E-state index contributed by atoms with van der Waals surface area (Å²) in [7, 11) is -3.41. The molecule has 23 heavy (non-hydrogen) atoms. The van der Waals surface area contributed by atoms with Crippen LogP contribution in [0.2, 0.25) is 0 Å². The predicted octanol–water partition coefficient (Wildman–Crippen LogP) is 3.19. The topological polar surface area (TPSA) is 68.3 Å². The fraction of sp³-hybridized carbons (Fsp3) is 0.353. The number of pyridine rings is 1. The zero-order chi connectivity index (χ0) is 16.9. The number of ether oxygens (including phenoxy) is 1. The second-order valence-corrected chi connectivity index (χ2v) is 7.22. The second-order valence-electron chi connectivity index (χ2n) is 5.23. The molecular formula is C17H22N2O3S. The molecule has 1 heterocycles. The molecule has 5 nitrogen and oxygen atoms in total. The highest BCUT2D eigenvalue weighted by Gasteiger charge is 2.17. The number of rotatable bonds is 7. The minimum absolute atomic E-state index is 0.101. The third-order valence-corrected chi connectivity index (χ3v) is 4.94. The number of benzene rings is 1. The molecule has 2 aromatic rings. The molecule has 0 atom stereocenters. The minimum Gasteiger partial charge on any atom is -0.490 e. The number of hydrogen-bond acceptors (Lipinski definition) is 5. The first-order chi connectivity index (χ1) is 11.0. The molecule has 0 aliphatic rings. The Balaban J connectivity index is 2.30. The van der Waals surface area contributed by atoms with E-state index in [-0.39, 0.29) is 5.75 Å². The summed E-state index contributed by atoms with van der Waals surface area (Å²) < 4.78 is 30.6. The molecule has 0 spiro atoms. The van der Waals surface area contributed by atoms with Crippen molar-refractivity contribution < 1.29 is 13.2 Å². The minimum atomic E-state index is -3.41. The predicted molar refractivity (Wildman–Crippen MR) is 91.6 cm³/mol. The SMILES string of the molecule is CCNc1ncc(CS(=O)(=O)c2cccc(C)c2)cc1OCC. The zero-order valence-corrected chi connectivity index (χ0v) is 14.5. The van der Waals surface area contributed by atoms with E-state index in [1.54, 1.807) is 30.5 Å². The van der Waals surface area contributed by atoms with Crippen LogP contribution in [0.1, 0.15) is 25.0 Å². The molecule has 0 saturated carbocycles. The van der Waals surface area contributed by atoms with Crippen molar-refractivity contribution in [2.45, 2.75) is 31.4 Å². The summed E-state index contributed by atoms with van der Waals surface area (Å²) in [6.07, 6.45) is 1.58. The van der Waals surface area contributed by atoms with Crippen molar-refractivity contribution in [2.75, 3.05) is 18.5 Å². The lowest BCUT2D eigenvalue weighted by molar-refractivity contribution is 0.340. The summed E-state index contributed by atoms with van der Waals surface area (Å²) in [5.41, 5.74) is 1.53. The molecule has 0 aliphatic heterocycles. The summed E-state index contributed by atoms with van der Waals surface area (Å²) in [6, 6.07) is 8.66. The van der Waals surface area contributed by atoms with Crippen LogP contribution in [0.5, 0.6) is 5.75 Å². The fourth-order valence-electron chi connectivity index (χ4n) is 2.24. The number of sulfone groups is 1. The second kappa shape index (κ2) is 7.46. The van der Waals surface area contributed by atoms with Gasteiger partial charge in [0.2, 0.25) is 0 Å². The standard InChI is InChI=1S/C17H22N2O3S/c1-4-18-17-16(22-5-2)10-14(11-19-17)12-23(20,21)15-8-6-7-13(3)9-15/h6-11H,4-5,12H2,1-3H3,(H,18,19). The lowest BCUT2D eigenvalue weighted by Gasteiger charge is -2.12. The summed E-state index contributed by atoms with van der Waals surface area (Å²) in [4.78, 5) is 4.61. The van der Waals surface area contributed by atoms with E-state index in [1.807, 2.05) is 26.8 Å². The van der Waals surface area contributed by atoms with Crippen LogP contribution in [-0.2, 0) is 15.6 Å². The molecule has 2 rings (SSSR count). The Morgan fingerprint density at radius 3 is 2.65 bits per heavy atom. The normalized spacial score (nSPS) is 11.3. The van der Waals surface area contributed by atoms with Crippen molar-refractivity contribution in [1.29, 1.82) is 0 Å². The number of hydrogen-bond donors (Lipinski definition) is 1. The Morgan fingerprint density at radius 2 is 2.00 bits per heavy atom. The van der Waals surface area contributed by atoms with Gasteiger partial charge in [0.05, 0.1) is 17.3 Å². The monoisotopic (exact) mass is 334 g/mol. The Kier molecular flexibility index (Phi) is 5.60. The quantitative estimate of drug-likeness (QED) is 0.842. The Morgan fingerprint density at radius 1 is 1.22 bits per heavy atom. The van der Waals surface area contributed by atoms with Crippen LogP contribution in [0, 0.1) is 6.92 Å². The van der Waals surface area contributed by atoms with Crippen LogP contribution in [-0.4, -0.2) is 26.6 Å². The van der Waals surface area contributed by atoms with Crippen LogP contribution in [0.3, 0.4) is 0 Å². The molecule has 0 radical (unpaired) electrons. The first kappa shape index (κ1) is 17.3. The van der Waals surface area contributed by atoms with Crippen molar-refractivity contribution in [1.82, 2.24) is 4.98 Å². The zero-order valence-electron chi connectivity index (χ0n) is 13.7. The summed E-state index contributed by atoms with van der Waals surface area (Å²) in [5, 5.41) is 3.10. The van der Waals surface area contributed by atoms with E-state index in [0.717, 1.165) is 5.56 Å². The van der Waals surface area contributed by atoms with Gasteiger partial charge >= 0.3 is 0 Å². The highest BCUT2D eigenvalue weighted by atomic mass is 32.2. The largest absolute Gasteiger partial charge is 0.490 e. The first-order valence-electron chi connectivity index (χ1n) is 7.61. The van der Waals surface area contributed by atoms with Gasteiger partial charge in [-0.15, -0.1) is 0 Å². The van der Waals surface area contributed by atoms with Gasteiger partial charge in [0.25, 0.3) is 0 Å². The smallest absolute Gasteiger partial charge is 0.182 e. The number of anilines is 1. The highest BCUT2D eigenvalue weighted by Crippen LogP contribution is 2.25.